The summed E-state index contributed by atoms with van der Waals surface area (Å²) in [5, 5.41) is 3.34. The molecule has 2 atom stereocenters. The molecule has 2 aliphatic rings. The van der Waals surface area contributed by atoms with Crippen LogP contribution in [-0.2, 0) is 4.74 Å². The van der Waals surface area contributed by atoms with Crippen LogP contribution in [0.5, 0.6) is 5.75 Å². The lowest BCUT2D eigenvalue weighted by molar-refractivity contribution is 0.210. The summed E-state index contributed by atoms with van der Waals surface area (Å²) in [6.45, 7) is 2.75. The summed E-state index contributed by atoms with van der Waals surface area (Å²) >= 11 is 0. The number of aliphatic imine (C=N–C) groups is 1. The summed E-state index contributed by atoms with van der Waals surface area (Å²) in [5.74, 6) is 2.24. The fourth-order valence-corrected chi connectivity index (χ4v) is 2.58. The number of hydrogen-bond acceptors (Lipinski definition) is 4. The van der Waals surface area contributed by atoms with E-state index in [9.17, 15) is 0 Å². The minimum Gasteiger partial charge on any atom is -0.496 e. The molecule has 3 rings (SSSR count). The SMILES string of the molecule is COc1ccccc1C1CN=C(C2CCNC2)O1. The Kier molecular flexibility index (Phi) is 3.19. The van der Waals surface area contributed by atoms with Gasteiger partial charge in [0.2, 0.25) is 0 Å². The van der Waals surface area contributed by atoms with Crippen LogP contribution in [0.2, 0.25) is 0 Å². The number of ether oxygens (including phenoxy) is 2. The molecule has 0 saturated carbocycles. The number of hydrogen-bond donors (Lipinski definition) is 1. The fourth-order valence-electron chi connectivity index (χ4n) is 2.58. The van der Waals surface area contributed by atoms with E-state index in [1.54, 1.807) is 7.11 Å². The number of rotatable bonds is 3. The van der Waals surface area contributed by atoms with Crippen molar-refractivity contribution in [2.75, 3.05) is 26.7 Å². The Labute approximate surface area is 107 Å². The lowest BCUT2D eigenvalue weighted by Crippen LogP contribution is -2.19. The summed E-state index contributed by atoms with van der Waals surface area (Å²) in [6.07, 6.45) is 1.13. The molecular formula is C14H18N2O2. The molecule has 0 aliphatic carbocycles. The van der Waals surface area contributed by atoms with Gasteiger partial charge in [-0.1, -0.05) is 18.2 Å². The van der Waals surface area contributed by atoms with E-state index in [2.05, 4.69) is 16.4 Å². The van der Waals surface area contributed by atoms with Gasteiger partial charge < -0.3 is 14.8 Å². The summed E-state index contributed by atoms with van der Waals surface area (Å²) < 4.78 is 11.4. The molecule has 1 saturated heterocycles. The van der Waals surface area contributed by atoms with Crippen LogP contribution >= 0.6 is 0 Å². The summed E-state index contributed by atoms with van der Waals surface area (Å²) in [6, 6.07) is 8.00. The molecule has 4 heteroatoms. The Morgan fingerprint density at radius 3 is 3.06 bits per heavy atom. The zero-order valence-electron chi connectivity index (χ0n) is 10.6. The first kappa shape index (κ1) is 11.5. The van der Waals surface area contributed by atoms with E-state index in [4.69, 9.17) is 9.47 Å². The molecule has 1 aromatic carbocycles. The van der Waals surface area contributed by atoms with Crippen LogP contribution in [0.1, 0.15) is 18.1 Å². The van der Waals surface area contributed by atoms with Crippen molar-refractivity contribution in [2.45, 2.75) is 12.5 Å². The molecule has 0 bridgehead atoms. The number of benzene rings is 1. The van der Waals surface area contributed by atoms with Crippen LogP contribution in [-0.4, -0.2) is 32.6 Å². The topological polar surface area (TPSA) is 42.8 Å². The monoisotopic (exact) mass is 246 g/mol. The van der Waals surface area contributed by atoms with Crippen LogP contribution < -0.4 is 10.1 Å². The molecule has 1 fully saturated rings. The van der Waals surface area contributed by atoms with Gasteiger partial charge in [-0.2, -0.15) is 0 Å². The minimum atomic E-state index is 0.0109. The van der Waals surface area contributed by atoms with Crippen LogP contribution in [0, 0.1) is 5.92 Å². The van der Waals surface area contributed by atoms with Crippen LogP contribution in [0.25, 0.3) is 0 Å². The smallest absolute Gasteiger partial charge is 0.188 e. The van der Waals surface area contributed by atoms with Gasteiger partial charge in [0.15, 0.2) is 5.90 Å². The summed E-state index contributed by atoms with van der Waals surface area (Å²) in [5.41, 5.74) is 1.09. The lowest BCUT2D eigenvalue weighted by Gasteiger charge is -2.16. The van der Waals surface area contributed by atoms with Crippen molar-refractivity contribution >= 4 is 5.90 Å². The molecule has 0 spiro atoms. The van der Waals surface area contributed by atoms with Crippen molar-refractivity contribution in [3.8, 4) is 5.75 Å². The zero-order chi connectivity index (χ0) is 12.4. The Balaban J connectivity index is 1.73. The van der Waals surface area contributed by atoms with Crippen molar-refractivity contribution in [1.82, 2.24) is 5.32 Å². The third-order valence-corrected chi connectivity index (χ3v) is 3.57. The van der Waals surface area contributed by atoms with Gasteiger partial charge in [0.05, 0.1) is 13.7 Å². The molecule has 1 N–H and O–H groups in total. The second-order valence-corrected chi connectivity index (χ2v) is 4.72. The van der Waals surface area contributed by atoms with E-state index in [1.165, 1.54) is 0 Å². The molecule has 1 aromatic rings. The van der Waals surface area contributed by atoms with Crippen LogP contribution in [0.4, 0.5) is 0 Å². The largest absolute Gasteiger partial charge is 0.496 e. The van der Waals surface area contributed by atoms with Crippen molar-refractivity contribution < 1.29 is 9.47 Å². The highest BCUT2D eigenvalue weighted by Crippen LogP contribution is 2.32. The number of methoxy groups -OCH3 is 1. The van der Waals surface area contributed by atoms with Crippen molar-refractivity contribution in [1.29, 1.82) is 0 Å². The molecule has 4 nitrogen and oxygen atoms in total. The molecule has 0 aromatic heterocycles. The van der Waals surface area contributed by atoms with E-state index in [0.717, 1.165) is 36.7 Å². The van der Waals surface area contributed by atoms with E-state index in [-0.39, 0.29) is 6.10 Å². The first-order valence-electron chi connectivity index (χ1n) is 6.43. The molecule has 0 amide bonds. The third-order valence-electron chi connectivity index (χ3n) is 3.57. The highest BCUT2D eigenvalue weighted by Gasteiger charge is 2.30. The third kappa shape index (κ3) is 2.08. The average Bonchev–Trinajstić information content (AvgIpc) is 3.09. The van der Waals surface area contributed by atoms with Gasteiger partial charge in [-0.15, -0.1) is 0 Å². The van der Waals surface area contributed by atoms with Gasteiger partial charge in [0.25, 0.3) is 0 Å². The highest BCUT2D eigenvalue weighted by molar-refractivity contribution is 5.81. The number of para-hydroxylation sites is 1. The van der Waals surface area contributed by atoms with Gasteiger partial charge in [-0.25, -0.2) is 0 Å². The maximum Gasteiger partial charge on any atom is 0.188 e. The molecule has 2 aliphatic heterocycles. The van der Waals surface area contributed by atoms with Gasteiger partial charge in [-0.3, -0.25) is 4.99 Å². The second kappa shape index (κ2) is 4.98. The predicted octanol–water partition coefficient (Wildman–Crippen LogP) is 1.77. The molecule has 2 unspecified atom stereocenters. The molecule has 0 radical (unpaired) electrons. The Morgan fingerprint density at radius 1 is 1.39 bits per heavy atom. The van der Waals surface area contributed by atoms with Crippen molar-refractivity contribution in [3.63, 3.8) is 0 Å². The fraction of sp³-hybridized carbons (Fsp3) is 0.500. The van der Waals surface area contributed by atoms with E-state index in [0.29, 0.717) is 12.5 Å². The molecule has 18 heavy (non-hydrogen) atoms. The van der Waals surface area contributed by atoms with Crippen molar-refractivity contribution in [2.24, 2.45) is 10.9 Å². The van der Waals surface area contributed by atoms with E-state index in [1.807, 2.05) is 18.2 Å². The average molecular weight is 246 g/mol. The normalized spacial score (nSPS) is 26.8. The maximum absolute atomic E-state index is 6.00. The van der Waals surface area contributed by atoms with Gasteiger partial charge in [0.1, 0.15) is 11.9 Å². The summed E-state index contributed by atoms with van der Waals surface area (Å²) in [7, 11) is 1.69. The quantitative estimate of drug-likeness (QED) is 0.884. The number of nitrogens with zero attached hydrogens (tertiary/aromatic N) is 1. The molecular weight excluding hydrogens is 228 g/mol. The predicted molar refractivity (Wildman–Crippen MR) is 70.1 cm³/mol. The van der Waals surface area contributed by atoms with E-state index < -0.39 is 0 Å². The minimum absolute atomic E-state index is 0.0109. The standard InChI is InChI=1S/C14H18N2O2/c1-17-12-5-3-2-4-11(12)13-9-16-14(18-13)10-6-7-15-8-10/h2-5,10,13,15H,6-9H2,1H3. The zero-order valence-corrected chi connectivity index (χ0v) is 10.6. The second-order valence-electron chi connectivity index (χ2n) is 4.72. The van der Waals surface area contributed by atoms with Crippen LogP contribution in [0.15, 0.2) is 29.3 Å². The van der Waals surface area contributed by atoms with Gasteiger partial charge >= 0.3 is 0 Å². The Bertz CT molecular complexity index is 453. The maximum atomic E-state index is 6.00. The first-order chi connectivity index (χ1) is 8.88. The Hall–Kier alpha value is -1.55. The molecule has 2 heterocycles. The highest BCUT2D eigenvalue weighted by atomic mass is 16.5. The Morgan fingerprint density at radius 2 is 2.28 bits per heavy atom. The summed E-state index contributed by atoms with van der Waals surface area (Å²) in [4.78, 5) is 4.55. The van der Waals surface area contributed by atoms with Gasteiger partial charge in [-0.05, 0) is 19.0 Å². The van der Waals surface area contributed by atoms with Crippen molar-refractivity contribution in [3.05, 3.63) is 29.8 Å². The van der Waals surface area contributed by atoms with E-state index >= 15 is 0 Å². The van der Waals surface area contributed by atoms with Crippen LogP contribution in [0.3, 0.4) is 0 Å². The molecule has 96 valence electrons. The number of nitrogens with one attached hydrogen (secondary N) is 1. The lowest BCUT2D eigenvalue weighted by atomic mass is 10.1. The van der Waals surface area contributed by atoms with Gasteiger partial charge in [0, 0.05) is 18.0 Å². The first-order valence-corrected chi connectivity index (χ1v) is 6.43.